The van der Waals surface area contributed by atoms with Gasteiger partial charge in [-0.25, -0.2) is 13.4 Å². The molecule has 0 amide bonds. The third-order valence-electron chi connectivity index (χ3n) is 6.03. The van der Waals surface area contributed by atoms with E-state index in [1.165, 1.54) is 22.6 Å². The summed E-state index contributed by atoms with van der Waals surface area (Å²) in [4.78, 5) is 19.9. The quantitative estimate of drug-likeness (QED) is 0.546. The van der Waals surface area contributed by atoms with Crippen molar-refractivity contribution in [2.24, 2.45) is 5.92 Å². The Morgan fingerprint density at radius 1 is 1.21 bits per heavy atom. The van der Waals surface area contributed by atoms with E-state index in [1.807, 2.05) is 30.9 Å². The van der Waals surface area contributed by atoms with E-state index in [-0.39, 0.29) is 10.5 Å². The highest BCUT2D eigenvalue weighted by Gasteiger charge is 2.26. The van der Waals surface area contributed by atoms with Gasteiger partial charge in [-0.3, -0.25) is 9.20 Å². The summed E-state index contributed by atoms with van der Waals surface area (Å²) in [5, 5.41) is 9.79. The van der Waals surface area contributed by atoms with Gasteiger partial charge in [0.1, 0.15) is 22.4 Å². The smallest absolute Gasteiger partial charge is 0.267 e. The first-order valence-corrected chi connectivity index (χ1v) is 12.4. The van der Waals surface area contributed by atoms with Crippen molar-refractivity contribution in [3.05, 3.63) is 74.5 Å². The number of piperidine rings is 1. The third-order valence-corrected chi connectivity index (χ3v) is 7.71. The number of allylic oxidation sites excluding steroid dienone is 1. The molecule has 0 bridgehead atoms. The first-order chi connectivity index (χ1) is 15.7. The summed E-state index contributed by atoms with van der Waals surface area (Å²) in [6, 6.07) is 11.7. The van der Waals surface area contributed by atoms with Crippen molar-refractivity contribution < 1.29 is 8.42 Å². The number of benzene rings is 1. The number of pyridine rings is 1. The van der Waals surface area contributed by atoms with Crippen LogP contribution in [0.4, 0.5) is 5.82 Å². The van der Waals surface area contributed by atoms with Crippen LogP contribution in [0.25, 0.3) is 11.7 Å². The van der Waals surface area contributed by atoms with Crippen LogP contribution in [0.3, 0.4) is 0 Å². The molecule has 1 aliphatic heterocycles. The molecule has 3 heterocycles. The van der Waals surface area contributed by atoms with Crippen LogP contribution in [0.5, 0.6) is 0 Å². The van der Waals surface area contributed by atoms with Gasteiger partial charge in [-0.05, 0) is 62.4 Å². The van der Waals surface area contributed by atoms with Gasteiger partial charge in [0, 0.05) is 19.3 Å². The van der Waals surface area contributed by atoms with Crippen molar-refractivity contribution in [3.63, 3.8) is 0 Å². The number of fused-ring (bicyclic) bond motifs is 1. The van der Waals surface area contributed by atoms with Crippen LogP contribution < -0.4 is 10.5 Å². The molecule has 0 saturated carbocycles. The van der Waals surface area contributed by atoms with Gasteiger partial charge >= 0.3 is 0 Å². The monoisotopic (exact) mass is 462 g/mol. The summed E-state index contributed by atoms with van der Waals surface area (Å²) in [7, 11) is -4.10. The average molecular weight is 463 g/mol. The topological polar surface area (TPSA) is 95.5 Å². The van der Waals surface area contributed by atoms with Crippen LogP contribution >= 0.6 is 0 Å². The normalized spacial score (nSPS) is 17.2. The largest absolute Gasteiger partial charge is 0.356 e. The lowest BCUT2D eigenvalue weighted by Crippen LogP contribution is -2.37. The van der Waals surface area contributed by atoms with Crippen molar-refractivity contribution in [1.82, 2.24) is 9.38 Å². The number of nitriles is 1. The van der Waals surface area contributed by atoms with E-state index in [9.17, 15) is 18.5 Å². The van der Waals surface area contributed by atoms with Crippen LogP contribution in [0.2, 0.25) is 0 Å². The summed E-state index contributed by atoms with van der Waals surface area (Å²) in [5.74, 6) is 0.840. The van der Waals surface area contributed by atoms with Crippen LogP contribution in [0.15, 0.2) is 57.2 Å². The molecule has 3 aromatic rings. The maximum absolute atomic E-state index is 13.5. The van der Waals surface area contributed by atoms with E-state index in [1.54, 1.807) is 24.4 Å². The van der Waals surface area contributed by atoms with Gasteiger partial charge < -0.3 is 4.90 Å². The van der Waals surface area contributed by atoms with Gasteiger partial charge in [0.05, 0.1) is 10.5 Å². The zero-order valence-electron chi connectivity index (χ0n) is 18.9. The van der Waals surface area contributed by atoms with E-state index in [0.29, 0.717) is 30.5 Å². The zero-order valence-corrected chi connectivity index (χ0v) is 19.8. The Morgan fingerprint density at radius 3 is 2.61 bits per heavy atom. The molecule has 7 nitrogen and oxygen atoms in total. The summed E-state index contributed by atoms with van der Waals surface area (Å²) < 4.78 is 27.8. The number of hydrogen-bond donors (Lipinski definition) is 0. The molecule has 1 unspecified atom stereocenters. The molecule has 0 spiro atoms. The second kappa shape index (κ2) is 8.83. The van der Waals surface area contributed by atoms with E-state index in [2.05, 4.69) is 6.92 Å². The van der Waals surface area contributed by atoms with Crippen molar-refractivity contribution in [3.8, 4) is 6.07 Å². The summed E-state index contributed by atoms with van der Waals surface area (Å²) in [6.07, 6.45) is 4.83. The number of sulfone groups is 1. The maximum Gasteiger partial charge on any atom is 0.267 e. The first-order valence-electron chi connectivity index (χ1n) is 10.9. The molecule has 33 heavy (non-hydrogen) atoms. The van der Waals surface area contributed by atoms with Crippen molar-refractivity contribution in [2.75, 3.05) is 18.0 Å². The SMILES string of the molecule is Cc1ccc(S(=O)(=O)C(C#N)=Cc2c(N3CCCC(C)C3)nc3c(C)cccn3c2=O)cc1. The van der Waals surface area contributed by atoms with E-state index >= 15 is 0 Å². The van der Waals surface area contributed by atoms with Gasteiger partial charge in [0.25, 0.3) is 5.56 Å². The van der Waals surface area contributed by atoms with Gasteiger partial charge in [0.2, 0.25) is 9.84 Å². The fourth-order valence-corrected chi connectivity index (χ4v) is 5.34. The van der Waals surface area contributed by atoms with Crippen LogP contribution in [0.1, 0.15) is 36.5 Å². The Hall–Kier alpha value is -3.44. The second-order valence-corrected chi connectivity index (χ2v) is 10.6. The number of aryl methyl sites for hydroxylation is 2. The number of nitrogens with zero attached hydrogens (tertiary/aromatic N) is 4. The lowest BCUT2D eigenvalue weighted by atomic mass is 10.00. The fraction of sp³-hybridized carbons (Fsp3) is 0.320. The number of hydrogen-bond acceptors (Lipinski definition) is 6. The molecule has 1 saturated heterocycles. The molecule has 0 N–H and O–H groups in total. The highest BCUT2D eigenvalue weighted by atomic mass is 32.2. The number of rotatable bonds is 4. The average Bonchev–Trinajstić information content (AvgIpc) is 2.79. The van der Waals surface area contributed by atoms with Crippen LogP contribution in [-0.4, -0.2) is 30.9 Å². The Bertz CT molecular complexity index is 1450. The van der Waals surface area contributed by atoms with Gasteiger partial charge in [-0.1, -0.05) is 30.7 Å². The maximum atomic E-state index is 13.5. The Balaban J connectivity index is 1.97. The molecule has 1 fully saturated rings. The molecule has 2 aromatic heterocycles. The lowest BCUT2D eigenvalue weighted by Gasteiger charge is -2.32. The summed E-state index contributed by atoms with van der Waals surface area (Å²) in [5.41, 5.74) is 1.98. The Morgan fingerprint density at radius 2 is 1.94 bits per heavy atom. The second-order valence-electron chi connectivity index (χ2n) is 8.67. The highest BCUT2D eigenvalue weighted by molar-refractivity contribution is 7.95. The number of anilines is 1. The first kappa shape index (κ1) is 22.7. The molecular weight excluding hydrogens is 436 g/mol. The summed E-state index contributed by atoms with van der Waals surface area (Å²) >= 11 is 0. The molecule has 0 radical (unpaired) electrons. The van der Waals surface area contributed by atoms with Gasteiger partial charge in [0.15, 0.2) is 0 Å². The Labute approximate surface area is 193 Å². The fourth-order valence-electron chi connectivity index (χ4n) is 4.19. The summed E-state index contributed by atoms with van der Waals surface area (Å²) in [6.45, 7) is 7.30. The van der Waals surface area contributed by atoms with Crippen molar-refractivity contribution in [2.45, 2.75) is 38.5 Å². The highest BCUT2D eigenvalue weighted by Crippen LogP contribution is 2.28. The minimum absolute atomic E-state index is 0.0127. The van der Waals surface area contributed by atoms with Crippen molar-refractivity contribution >= 4 is 27.4 Å². The van der Waals surface area contributed by atoms with Crippen LogP contribution in [-0.2, 0) is 9.84 Å². The molecule has 1 aromatic carbocycles. The van der Waals surface area contributed by atoms with Gasteiger partial charge in [-0.2, -0.15) is 5.26 Å². The zero-order chi connectivity index (χ0) is 23.8. The molecule has 1 aliphatic rings. The van der Waals surface area contributed by atoms with Gasteiger partial charge in [-0.15, -0.1) is 0 Å². The molecule has 4 rings (SSSR count). The van der Waals surface area contributed by atoms with Crippen molar-refractivity contribution in [1.29, 1.82) is 5.26 Å². The predicted octanol–water partition coefficient (Wildman–Crippen LogP) is 3.89. The molecular formula is C25H26N4O3S. The minimum Gasteiger partial charge on any atom is -0.356 e. The van der Waals surface area contributed by atoms with E-state index < -0.39 is 20.3 Å². The Kier molecular flexibility index (Phi) is 6.09. The standard InChI is InChI=1S/C25H26N4O3S/c1-17-8-10-20(11-9-17)33(31,32)21(15-26)14-22-24(28-12-4-6-18(2)16-28)27-23-19(3)7-5-13-29(23)25(22)30/h5,7-11,13-14,18H,4,6,12,16H2,1-3H3. The molecule has 8 heteroatoms. The van der Waals surface area contributed by atoms with E-state index in [4.69, 9.17) is 4.98 Å². The minimum atomic E-state index is -4.10. The predicted molar refractivity (Wildman–Crippen MR) is 129 cm³/mol. The molecule has 170 valence electrons. The van der Waals surface area contributed by atoms with Crippen LogP contribution in [0, 0.1) is 31.1 Å². The third kappa shape index (κ3) is 4.29. The lowest BCUT2D eigenvalue weighted by molar-refractivity contribution is 0.444. The molecule has 0 aliphatic carbocycles. The van der Waals surface area contributed by atoms with E-state index in [0.717, 1.165) is 24.0 Å². The molecule has 1 atom stereocenters. The number of aromatic nitrogens is 2.